The van der Waals surface area contributed by atoms with Crippen LogP contribution in [-0.4, -0.2) is 35.9 Å². The van der Waals surface area contributed by atoms with Crippen molar-refractivity contribution in [2.45, 2.75) is 25.4 Å². The maximum absolute atomic E-state index is 13.4. The molecule has 1 aliphatic heterocycles. The lowest BCUT2D eigenvalue weighted by Gasteiger charge is -2.25. The Balaban J connectivity index is 1.73. The predicted octanol–water partition coefficient (Wildman–Crippen LogP) is 2.74. The fourth-order valence-electron chi connectivity index (χ4n) is 3.09. The van der Waals surface area contributed by atoms with Gasteiger partial charge in [0.1, 0.15) is 17.3 Å². The van der Waals surface area contributed by atoms with Gasteiger partial charge in [0.05, 0.1) is 24.0 Å². The molecule has 1 aliphatic rings. The van der Waals surface area contributed by atoms with Crippen LogP contribution in [0.2, 0.25) is 0 Å². The molecular weight excluding hydrogens is 413 g/mol. The van der Waals surface area contributed by atoms with Gasteiger partial charge in [-0.15, -0.1) is 0 Å². The van der Waals surface area contributed by atoms with Crippen molar-refractivity contribution in [3.8, 4) is 5.75 Å². The van der Waals surface area contributed by atoms with E-state index in [9.17, 15) is 28.9 Å². The fraction of sp³-hybridized carbons (Fsp3) is 0.250. The third kappa shape index (κ3) is 4.77. The molecule has 0 aromatic heterocycles. The molecule has 2 unspecified atom stereocenters. The summed E-state index contributed by atoms with van der Waals surface area (Å²) < 4.78 is 23.6. The molecule has 2 N–H and O–H groups in total. The zero-order valence-corrected chi connectivity index (χ0v) is 16.5. The molecule has 2 amide bonds. The zero-order chi connectivity index (χ0) is 22.7. The Kier molecular flexibility index (Phi) is 6.14. The number of methoxy groups -OCH3 is 1. The van der Waals surface area contributed by atoms with E-state index in [0.29, 0.717) is 5.56 Å². The quantitative estimate of drug-likeness (QED) is 0.408. The summed E-state index contributed by atoms with van der Waals surface area (Å²) in [4.78, 5) is 47.5. The van der Waals surface area contributed by atoms with Gasteiger partial charge in [0, 0.05) is 12.1 Å². The van der Waals surface area contributed by atoms with Crippen molar-refractivity contribution in [3.05, 3.63) is 57.9 Å². The van der Waals surface area contributed by atoms with E-state index in [-0.39, 0.29) is 23.5 Å². The maximum atomic E-state index is 13.4. The minimum absolute atomic E-state index is 0.100. The Labute approximate surface area is 175 Å². The molecule has 0 saturated heterocycles. The summed E-state index contributed by atoms with van der Waals surface area (Å²) in [5.41, 5.74) is 0.0243. The van der Waals surface area contributed by atoms with Crippen LogP contribution >= 0.6 is 0 Å². The molecule has 0 spiro atoms. The van der Waals surface area contributed by atoms with Crippen molar-refractivity contribution >= 4 is 34.8 Å². The molecule has 2 aromatic carbocycles. The predicted molar refractivity (Wildman–Crippen MR) is 106 cm³/mol. The first kappa shape index (κ1) is 21.7. The molecule has 0 aliphatic carbocycles. The fourth-order valence-corrected chi connectivity index (χ4v) is 3.09. The minimum atomic E-state index is -1.32. The van der Waals surface area contributed by atoms with E-state index in [0.717, 1.165) is 18.2 Å². The molecule has 0 saturated carbocycles. The molecule has 0 bridgehead atoms. The largest absolute Gasteiger partial charge is 0.496 e. The number of hydrogen-bond acceptors (Lipinski definition) is 7. The Morgan fingerprint density at radius 1 is 1.29 bits per heavy atom. The lowest BCUT2D eigenvalue weighted by molar-refractivity contribution is -0.384. The number of nitro groups is 1. The van der Waals surface area contributed by atoms with Gasteiger partial charge in [0.25, 0.3) is 11.6 Å². The summed E-state index contributed by atoms with van der Waals surface area (Å²) in [7, 11) is 1.34. The van der Waals surface area contributed by atoms with Gasteiger partial charge in [-0.3, -0.25) is 24.5 Å². The van der Waals surface area contributed by atoms with Crippen LogP contribution in [0, 0.1) is 15.9 Å². The number of halogens is 1. The van der Waals surface area contributed by atoms with Crippen molar-refractivity contribution in [2.24, 2.45) is 0 Å². The first-order valence-corrected chi connectivity index (χ1v) is 9.12. The number of nitrogens with zero attached hydrogens (tertiary/aromatic N) is 1. The van der Waals surface area contributed by atoms with E-state index in [2.05, 4.69) is 10.6 Å². The molecule has 162 valence electrons. The smallest absolute Gasteiger partial charge is 0.314 e. The number of benzene rings is 2. The number of nitrogens with one attached hydrogen (secondary N) is 2. The highest BCUT2D eigenvalue weighted by molar-refractivity contribution is 6.01. The molecule has 0 radical (unpaired) electrons. The number of rotatable bonds is 6. The van der Waals surface area contributed by atoms with Crippen molar-refractivity contribution < 1.29 is 33.2 Å². The van der Waals surface area contributed by atoms with Crippen LogP contribution in [0.5, 0.6) is 5.75 Å². The maximum Gasteiger partial charge on any atom is 0.314 e. The Morgan fingerprint density at radius 3 is 2.71 bits per heavy atom. The summed E-state index contributed by atoms with van der Waals surface area (Å²) in [6, 6.07) is 7.46. The van der Waals surface area contributed by atoms with Crippen molar-refractivity contribution in [3.63, 3.8) is 0 Å². The first-order chi connectivity index (χ1) is 14.7. The zero-order valence-electron chi connectivity index (χ0n) is 16.5. The van der Waals surface area contributed by atoms with E-state index in [1.54, 1.807) is 0 Å². The van der Waals surface area contributed by atoms with E-state index < -0.39 is 46.2 Å². The summed E-state index contributed by atoms with van der Waals surface area (Å²) in [5.74, 6) is -3.52. The number of esters is 1. The number of carbonyl (C=O) groups is 3. The molecule has 2 aromatic rings. The van der Waals surface area contributed by atoms with Gasteiger partial charge in [0.2, 0.25) is 5.91 Å². The van der Waals surface area contributed by atoms with E-state index in [1.165, 1.54) is 32.2 Å². The van der Waals surface area contributed by atoms with Crippen molar-refractivity contribution in [1.82, 2.24) is 0 Å². The van der Waals surface area contributed by atoms with Crippen LogP contribution in [0.1, 0.15) is 24.8 Å². The van der Waals surface area contributed by atoms with Crippen LogP contribution in [0.3, 0.4) is 0 Å². The topological polar surface area (TPSA) is 137 Å². The molecule has 0 fully saturated rings. The highest BCUT2D eigenvalue weighted by atomic mass is 19.1. The molecule has 10 nitrogen and oxygen atoms in total. The molecule has 1 heterocycles. The van der Waals surface area contributed by atoms with E-state index in [1.807, 2.05) is 0 Å². The third-order valence-electron chi connectivity index (χ3n) is 4.66. The summed E-state index contributed by atoms with van der Waals surface area (Å²) >= 11 is 0. The number of hydrogen-bond donors (Lipinski definition) is 2. The molecule has 3 rings (SSSR count). The Bertz CT molecular complexity index is 1070. The van der Waals surface area contributed by atoms with Gasteiger partial charge in [-0.2, -0.15) is 0 Å². The molecule has 2 atom stereocenters. The standard InChI is InChI=1S/C20H18FN3O7/c1-10(19(26)23-15-6-4-12(30-2)8-17(15)24(28)29)31-20(27)14-9-18(25)22-16-7-11(21)3-5-13(14)16/h3-8,10,14H,9H2,1-2H3,(H,22,25)(H,23,26). The number of carbonyl (C=O) groups excluding carboxylic acids is 3. The van der Waals surface area contributed by atoms with Gasteiger partial charge in [-0.05, 0) is 36.8 Å². The van der Waals surface area contributed by atoms with Crippen molar-refractivity contribution in [2.75, 3.05) is 17.7 Å². The van der Waals surface area contributed by atoms with Gasteiger partial charge in [0.15, 0.2) is 6.10 Å². The second-order valence-corrected chi connectivity index (χ2v) is 6.75. The highest BCUT2D eigenvalue weighted by Crippen LogP contribution is 2.34. The SMILES string of the molecule is COc1ccc(NC(=O)C(C)OC(=O)C2CC(=O)Nc3cc(F)ccc32)c([N+](=O)[O-])c1. The van der Waals surface area contributed by atoms with E-state index >= 15 is 0 Å². The Morgan fingerprint density at radius 2 is 2.03 bits per heavy atom. The van der Waals surface area contributed by atoms with Gasteiger partial charge >= 0.3 is 5.97 Å². The Hall–Kier alpha value is -4.02. The number of nitro benzene ring substituents is 1. The lowest BCUT2D eigenvalue weighted by atomic mass is 9.90. The summed E-state index contributed by atoms with van der Waals surface area (Å²) in [6.45, 7) is 1.29. The lowest BCUT2D eigenvalue weighted by Crippen LogP contribution is -2.34. The highest BCUT2D eigenvalue weighted by Gasteiger charge is 2.34. The average molecular weight is 431 g/mol. The van der Waals surface area contributed by atoms with Crippen LogP contribution in [0.4, 0.5) is 21.5 Å². The van der Waals surface area contributed by atoms with Gasteiger partial charge in [-0.25, -0.2) is 4.39 Å². The molecule has 11 heteroatoms. The minimum Gasteiger partial charge on any atom is -0.496 e. The number of anilines is 2. The van der Waals surface area contributed by atoms with Crippen LogP contribution in [0.25, 0.3) is 0 Å². The van der Waals surface area contributed by atoms with Crippen molar-refractivity contribution in [1.29, 1.82) is 0 Å². The van der Waals surface area contributed by atoms with E-state index in [4.69, 9.17) is 9.47 Å². The first-order valence-electron chi connectivity index (χ1n) is 9.12. The molecular formula is C20H18FN3O7. The third-order valence-corrected chi connectivity index (χ3v) is 4.66. The number of amides is 2. The normalized spacial score (nSPS) is 15.8. The van der Waals surface area contributed by atoms with Crippen LogP contribution < -0.4 is 15.4 Å². The number of fused-ring (bicyclic) bond motifs is 1. The average Bonchev–Trinajstić information content (AvgIpc) is 2.72. The van der Waals surface area contributed by atoms with Crippen LogP contribution in [0.15, 0.2) is 36.4 Å². The summed E-state index contributed by atoms with van der Waals surface area (Å²) in [6.07, 6.45) is -1.54. The second-order valence-electron chi connectivity index (χ2n) is 6.75. The second kappa shape index (κ2) is 8.78. The summed E-state index contributed by atoms with van der Waals surface area (Å²) in [5, 5.41) is 16.1. The molecule has 31 heavy (non-hydrogen) atoms. The number of ether oxygens (including phenoxy) is 2. The monoisotopic (exact) mass is 431 g/mol. The van der Waals surface area contributed by atoms with Gasteiger partial charge < -0.3 is 20.1 Å². The van der Waals surface area contributed by atoms with Gasteiger partial charge in [-0.1, -0.05) is 6.07 Å². The van der Waals surface area contributed by atoms with Crippen LogP contribution in [-0.2, 0) is 19.1 Å².